The van der Waals surface area contributed by atoms with E-state index in [9.17, 15) is 4.79 Å². The molecule has 1 aromatic heterocycles. The summed E-state index contributed by atoms with van der Waals surface area (Å²) in [5.41, 5.74) is 4.85. The van der Waals surface area contributed by atoms with Crippen molar-refractivity contribution in [3.8, 4) is 11.5 Å². The predicted molar refractivity (Wildman–Crippen MR) is 102 cm³/mol. The monoisotopic (exact) mass is 350 g/mol. The Bertz CT molecular complexity index is 1040. The van der Waals surface area contributed by atoms with Crippen molar-refractivity contribution in [3.63, 3.8) is 0 Å². The smallest absolute Gasteiger partial charge is 0.253 e. The van der Waals surface area contributed by atoms with Gasteiger partial charge in [0.1, 0.15) is 0 Å². The van der Waals surface area contributed by atoms with Crippen molar-refractivity contribution in [2.75, 3.05) is 20.8 Å². The first-order chi connectivity index (χ1) is 12.6. The summed E-state index contributed by atoms with van der Waals surface area (Å²) in [6, 6.07) is 11.9. The Hall–Kier alpha value is -2.79. The van der Waals surface area contributed by atoms with Crippen molar-refractivity contribution in [2.24, 2.45) is 0 Å². The average molecular weight is 350 g/mol. The molecule has 0 aliphatic carbocycles. The molecule has 26 heavy (non-hydrogen) atoms. The maximum absolute atomic E-state index is 12.8. The second kappa shape index (κ2) is 6.50. The molecule has 2 N–H and O–H groups in total. The molecule has 1 aliphatic rings. The first kappa shape index (κ1) is 16.7. The van der Waals surface area contributed by atoms with Crippen LogP contribution in [0.15, 0.2) is 41.2 Å². The Balaban J connectivity index is 1.89. The number of H-pyrrole nitrogens is 1. The Kier molecular flexibility index (Phi) is 4.17. The third kappa shape index (κ3) is 2.65. The Morgan fingerprint density at radius 2 is 1.81 bits per heavy atom. The fourth-order valence-electron chi connectivity index (χ4n) is 3.78. The molecule has 5 heteroatoms. The van der Waals surface area contributed by atoms with Gasteiger partial charge in [-0.25, -0.2) is 0 Å². The highest BCUT2D eigenvalue weighted by molar-refractivity contribution is 5.82. The molecular weight excluding hydrogens is 328 g/mol. The molecule has 4 rings (SSSR count). The normalized spacial score (nSPS) is 16.3. The Morgan fingerprint density at radius 1 is 1.04 bits per heavy atom. The fraction of sp³-hybridized carbons (Fsp3) is 0.286. The first-order valence-electron chi connectivity index (χ1n) is 8.73. The van der Waals surface area contributed by atoms with Crippen molar-refractivity contribution in [2.45, 2.75) is 19.4 Å². The molecule has 0 saturated heterocycles. The van der Waals surface area contributed by atoms with Crippen LogP contribution in [0.4, 0.5) is 0 Å². The lowest BCUT2D eigenvalue weighted by Gasteiger charge is -2.28. The van der Waals surface area contributed by atoms with Gasteiger partial charge in [-0.2, -0.15) is 0 Å². The van der Waals surface area contributed by atoms with Crippen molar-refractivity contribution >= 4 is 10.9 Å². The van der Waals surface area contributed by atoms with Gasteiger partial charge in [0.25, 0.3) is 5.56 Å². The third-order valence-corrected chi connectivity index (χ3v) is 5.13. The molecule has 0 saturated carbocycles. The lowest BCUT2D eigenvalue weighted by atomic mass is 9.89. The highest BCUT2D eigenvalue weighted by Gasteiger charge is 2.26. The second-order valence-corrected chi connectivity index (χ2v) is 6.64. The van der Waals surface area contributed by atoms with Crippen molar-refractivity contribution in [3.05, 3.63) is 69.0 Å². The quantitative estimate of drug-likeness (QED) is 0.762. The van der Waals surface area contributed by atoms with Crippen LogP contribution in [0, 0.1) is 6.92 Å². The summed E-state index contributed by atoms with van der Waals surface area (Å²) >= 11 is 0. The number of aryl methyl sites for hydroxylation is 1. The van der Waals surface area contributed by atoms with E-state index in [1.165, 1.54) is 5.56 Å². The van der Waals surface area contributed by atoms with Crippen LogP contribution < -0.4 is 20.3 Å². The van der Waals surface area contributed by atoms with E-state index in [0.29, 0.717) is 5.75 Å². The van der Waals surface area contributed by atoms with Crippen molar-refractivity contribution in [1.82, 2.24) is 10.3 Å². The van der Waals surface area contributed by atoms with Crippen LogP contribution in [0.1, 0.15) is 28.3 Å². The van der Waals surface area contributed by atoms with Crippen LogP contribution in [0.2, 0.25) is 0 Å². The largest absolute Gasteiger partial charge is 0.493 e. The van der Waals surface area contributed by atoms with Gasteiger partial charge in [-0.3, -0.25) is 4.79 Å². The SMILES string of the molecule is COc1cc2c(cc1OC)C(c1cc3cccc(C)c3[nH]c1=O)NCC2. The number of rotatable bonds is 3. The molecule has 0 radical (unpaired) electrons. The summed E-state index contributed by atoms with van der Waals surface area (Å²) in [5.74, 6) is 1.39. The molecule has 134 valence electrons. The number of aromatic amines is 1. The zero-order valence-corrected chi connectivity index (χ0v) is 15.2. The topological polar surface area (TPSA) is 63.4 Å². The maximum atomic E-state index is 12.8. The zero-order valence-electron chi connectivity index (χ0n) is 15.2. The van der Waals surface area contributed by atoms with E-state index in [1.54, 1.807) is 14.2 Å². The lowest BCUT2D eigenvalue weighted by molar-refractivity contribution is 0.353. The number of aromatic nitrogens is 1. The standard InChI is InChI=1S/C21H22N2O3/c1-12-5-4-6-14-9-16(21(24)23-19(12)14)20-15-11-18(26-3)17(25-2)10-13(15)7-8-22-20/h4-6,9-11,20,22H,7-8H2,1-3H3,(H,23,24). The summed E-state index contributed by atoms with van der Waals surface area (Å²) in [4.78, 5) is 15.9. The number of nitrogens with one attached hydrogen (secondary N) is 2. The minimum atomic E-state index is -0.174. The zero-order chi connectivity index (χ0) is 18.3. The maximum Gasteiger partial charge on any atom is 0.253 e. The number of benzene rings is 2. The number of para-hydroxylation sites is 1. The number of hydrogen-bond donors (Lipinski definition) is 2. The van der Waals surface area contributed by atoms with Crippen molar-refractivity contribution in [1.29, 1.82) is 0 Å². The van der Waals surface area contributed by atoms with Gasteiger partial charge in [0.15, 0.2) is 11.5 Å². The number of ether oxygens (including phenoxy) is 2. The van der Waals surface area contributed by atoms with Crippen LogP contribution in [0.3, 0.4) is 0 Å². The summed E-state index contributed by atoms with van der Waals surface area (Å²) in [7, 11) is 3.26. The summed E-state index contributed by atoms with van der Waals surface area (Å²) < 4.78 is 10.9. The summed E-state index contributed by atoms with van der Waals surface area (Å²) in [6.45, 7) is 2.81. The molecule has 0 spiro atoms. The number of methoxy groups -OCH3 is 2. The second-order valence-electron chi connectivity index (χ2n) is 6.64. The molecule has 2 heterocycles. The average Bonchev–Trinajstić information content (AvgIpc) is 2.66. The first-order valence-corrected chi connectivity index (χ1v) is 8.73. The summed E-state index contributed by atoms with van der Waals surface area (Å²) in [5, 5.41) is 4.52. The molecule has 2 aromatic carbocycles. The van der Waals surface area contributed by atoms with Gasteiger partial charge in [0.05, 0.1) is 25.8 Å². The van der Waals surface area contributed by atoms with E-state index in [-0.39, 0.29) is 11.6 Å². The summed E-state index contributed by atoms with van der Waals surface area (Å²) in [6.07, 6.45) is 0.886. The van der Waals surface area contributed by atoms with E-state index in [2.05, 4.69) is 10.3 Å². The van der Waals surface area contributed by atoms with E-state index in [4.69, 9.17) is 9.47 Å². The van der Waals surface area contributed by atoms with Gasteiger partial charge in [-0.1, -0.05) is 18.2 Å². The molecule has 0 bridgehead atoms. The minimum absolute atomic E-state index is 0.0630. The van der Waals surface area contributed by atoms with Gasteiger partial charge < -0.3 is 19.8 Å². The molecule has 3 aromatic rings. The van der Waals surface area contributed by atoms with E-state index >= 15 is 0 Å². The van der Waals surface area contributed by atoms with Gasteiger partial charge in [-0.15, -0.1) is 0 Å². The Labute approximate surface area is 152 Å². The van der Waals surface area contributed by atoms with Crippen LogP contribution >= 0.6 is 0 Å². The van der Waals surface area contributed by atoms with E-state index in [1.807, 2.05) is 43.3 Å². The molecule has 0 fully saturated rings. The molecule has 1 aliphatic heterocycles. The lowest BCUT2D eigenvalue weighted by Crippen LogP contribution is -2.34. The van der Waals surface area contributed by atoms with Gasteiger partial charge in [0, 0.05) is 12.1 Å². The predicted octanol–water partition coefficient (Wildman–Crippen LogP) is 3.09. The van der Waals surface area contributed by atoms with Crippen LogP contribution in [-0.4, -0.2) is 25.7 Å². The van der Waals surface area contributed by atoms with Crippen LogP contribution in [0.25, 0.3) is 10.9 Å². The van der Waals surface area contributed by atoms with Gasteiger partial charge in [0.2, 0.25) is 0 Å². The highest BCUT2D eigenvalue weighted by atomic mass is 16.5. The van der Waals surface area contributed by atoms with Gasteiger partial charge in [-0.05, 0) is 53.6 Å². The molecule has 0 amide bonds. The third-order valence-electron chi connectivity index (χ3n) is 5.13. The number of hydrogen-bond acceptors (Lipinski definition) is 4. The Morgan fingerprint density at radius 3 is 2.58 bits per heavy atom. The molecular formula is C21H22N2O3. The minimum Gasteiger partial charge on any atom is -0.493 e. The van der Waals surface area contributed by atoms with E-state index < -0.39 is 0 Å². The highest BCUT2D eigenvalue weighted by Crippen LogP contribution is 2.37. The molecule has 1 unspecified atom stereocenters. The molecule has 5 nitrogen and oxygen atoms in total. The fourth-order valence-corrected chi connectivity index (χ4v) is 3.78. The molecule has 1 atom stereocenters. The van der Waals surface area contributed by atoms with E-state index in [0.717, 1.165) is 46.3 Å². The number of fused-ring (bicyclic) bond motifs is 2. The van der Waals surface area contributed by atoms with Crippen molar-refractivity contribution < 1.29 is 9.47 Å². The van der Waals surface area contributed by atoms with Crippen LogP contribution in [-0.2, 0) is 6.42 Å². The van der Waals surface area contributed by atoms with Crippen LogP contribution in [0.5, 0.6) is 11.5 Å². The number of pyridine rings is 1. The van der Waals surface area contributed by atoms with Gasteiger partial charge >= 0.3 is 0 Å².